The van der Waals surface area contributed by atoms with Gasteiger partial charge in [-0.1, -0.05) is 48.5 Å². The van der Waals surface area contributed by atoms with Crippen molar-refractivity contribution in [3.8, 4) is 0 Å². The summed E-state index contributed by atoms with van der Waals surface area (Å²) in [6.07, 6.45) is 3.26. The fraction of sp³-hybridized carbons (Fsp3) is 0.222. The maximum atomic E-state index is 6.47. The van der Waals surface area contributed by atoms with Gasteiger partial charge in [0, 0.05) is 4.70 Å². The van der Waals surface area contributed by atoms with E-state index >= 15 is 0 Å². The van der Waals surface area contributed by atoms with Gasteiger partial charge in [-0.05, 0) is 47.2 Å². The van der Waals surface area contributed by atoms with Gasteiger partial charge < -0.3 is 0 Å². The zero-order chi connectivity index (χ0) is 13.8. The Labute approximate surface area is 129 Å². The second kappa shape index (κ2) is 6.43. The number of hydrogen-bond donors (Lipinski definition) is 0. The number of benzene rings is 2. The SMILES string of the molecule is ClC(CCCc1csc2ccccc12)c1ccccc1. The first-order chi connectivity index (χ1) is 9.84. The van der Waals surface area contributed by atoms with E-state index in [4.69, 9.17) is 11.6 Å². The van der Waals surface area contributed by atoms with Crippen LogP contribution in [0.25, 0.3) is 10.1 Å². The lowest BCUT2D eigenvalue weighted by Crippen LogP contribution is -1.92. The molecule has 0 spiro atoms. The fourth-order valence-electron chi connectivity index (χ4n) is 2.53. The highest BCUT2D eigenvalue weighted by Gasteiger charge is 2.08. The van der Waals surface area contributed by atoms with Crippen molar-refractivity contribution in [2.75, 3.05) is 0 Å². The van der Waals surface area contributed by atoms with E-state index in [-0.39, 0.29) is 5.38 Å². The molecule has 2 heteroatoms. The van der Waals surface area contributed by atoms with Crippen LogP contribution in [0.1, 0.15) is 29.3 Å². The summed E-state index contributed by atoms with van der Waals surface area (Å²) in [5.41, 5.74) is 2.69. The predicted molar refractivity (Wildman–Crippen MR) is 89.8 cm³/mol. The molecule has 0 aliphatic carbocycles. The Morgan fingerprint density at radius 3 is 2.55 bits per heavy atom. The Kier molecular flexibility index (Phi) is 4.39. The quantitative estimate of drug-likeness (QED) is 0.492. The van der Waals surface area contributed by atoms with E-state index in [1.54, 1.807) is 0 Å². The summed E-state index contributed by atoms with van der Waals surface area (Å²) in [5, 5.41) is 3.82. The molecule has 0 nitrogen and oxygen atoms in total. The van der Waals surface area contributed by atoms with E-state index in [1.807, 2.05) is 17.4 Å². The fourth-order valence-corrected chi connectivity index (χ4v) is 3.82. The van der Waals surface area contributed by atoms with Gasteiger partial charge >= 0.3 is 0 Å². The molecule has 0 saturated carbocycles. The van der Waals surface area contributed by atoms with E-state index in [9.17, 15) is 0 Å². The molecule has 1 aromatic heterocycles. The molecule has 1 atom stereocenters. The molecule has 1 unspecified atom stereocenters. The minimum absolute atomic E-state index is 0.126. The van der Waals surface area contributed by atoms with Crippen LogP contribution in [0, 0.1) is 0 Å². The van der Waals surface area contributed by atoms with Gasteiger partial charge in [0.05, 0.1) is 5.38 Å². The number of halogens is 1. The van der Waals surface area contributed by atoms with E-state index < -0.39 is 0 Å². The van der Waals surface area contributed by atoms with Crippen molar-refractivity contribution in [1.29, 1.82) is 0 Å². The first-order valence-electron chi connectivity index (χ1n) is 6.99. The second-order valence-corrected chi connectivity index (χ2v) is 6.47. The van der Waals surface area contributed by atoms with Crippen molar-refractivity contribution in [2.45, 2.75) is 24.6 Å². The van der Waals surface area contributed by atoms with Crippen LogP contribution in [0.3, 0.4) is 0 Å². The number of rotatable bonds is 5. The molecule has 0 aliphatic heterocycles. The molecule has 0 saturated heterocycles. The van der Waals surface area contributed by atoms with Crippen molar-refractivity contribution in [3.05, 3.63) is 71.1 Å². The number of fused-ring (bicyclic) bond motifs is 1. The standard InChI is InChI=1S/C18H17ClS/c19-17(14-7-2-1-3-8-14)11-6-9-15-13-20-18-12-5-4-10-16(15)18/h1-5,7-8,10,12-13,17H,6,9,11H2. The summed E-state index contributed by atoms with van der Waals surface area (Å²) in [4.78, 5) is 0. The van der Waals surface area contributed by atoms with Crippen molar-refractivity contribution >= 4 is 33.0 Å². The van der Waals surface area contributed by atoms with Gasteiger partial charge in [0.1, 0.15) is 0 Å². The summed E-state index contributed by atoms with van der Waals surface area (Å²) in [5.74, 6) is 0. The average Bonchev–Trinajstić information content (AvgIpc) is 2.92. The highest BCUT2D eigenvalue weighted by Crippen LogP contribution is 2.29. The Morgan fingerprint density at radius 2 is 1.70 bits per heavy atom. The summed E-state index contributed by atoms with van der Waals surface area (Å²) < 4.78 is 1.38. The first kappa shape index (κ1) is 13.7. The lowest BCUT2D eigenvalue weighted by Gasteiger charge is -2.09. The molecule has 0 amide bonds. The van der Waals surface area contributed by atoms with Crippen LogP contribution in [0.4, 0.5) is 0 Å². The van der Waals surface area contributed by atoms with Crippen LogP contribution in [-0.4, -0.2) is 0 Å². The molecule has 0 radical (unpaired) electrons. The predicted octanol–water partition coefficient (Wildman–Crippen LogP) is 6.20. The van der Waals surface area contributed by atoms with Gasteiger partial charge in [0.25, 0.3) is 0 Å². The van der Waals surface area contributed by atoms with E-state index in [0.29, 0.717) is 0 Å². The Balaban J connectivity index is 1.60. The third-order valence-corrected chi connectivity index (χ3v) is 5.11. The van der Waals surface area contributed by atoms with E-state index in [0.717, 1.165) is 19.3 Å². The molecule has 20 heavy (non-hydrogen) atoms. The topological polar surface area (TPSA) is 0 Å². The van der Waals surface area contributed by atoms with Crippen molar-refractivity contribution in [1.82, 2.24) is 0 Å². The number of aryl methyl sites for hydroxylation is 1. The Hall–Kier alpha value is -1.31. The number of alkyl halides is 1. The summed E-state index contributed by atoms with van der Waals surface area (Å²) in [6.45, 7) is 0. The molecular weight excluding hydrogens is 284 g/mol. The maximum Gasteiger partial charge on any atom is 0.0585 e. The highest BCUT2D eigenvalue weighted by molar-refractivity contribution is 7.17. The monoisotopic (exact) mass is 300 g/mol. The molecule has 1 heterocycles. The largest absolute Gasteiger partial charge is 0.144 e. The normalized spacial score (nSPS) is 12.7. The highest BCUT2D eigenvalue weighted by atomic mass is 35.5. The van der Waals surface area contributed by atoms with Crippen LogP contribution in [-0.2, 0) is 6.42 Å². The van der Waals surface area contributed by atoms with Gasteiger partial charge in [0.15, 0.2) is 0 Å². The van der Waals surface area contributed by atoms with Crippen LogP contribution in [0.2, 0.25) is 0 Å². The van der Waals surface area contributed by atoms with Crippen LogP contribution < -0.4 is 0 Å². The van der Waals surface area contributed by atoms with Crippen molar-refractivity contribution < 1.29 is 0 Å². The second-order valence-electron chi connectivity index (χ2n) is 5.03. The molecule has 3 rings (SSSR count). The Bertz CT molecular complexity index is 672. The minimum Gasteiger partial charge on any atom is -0.144 e. The zero-order valence-electron chi connectivity index (χ0n) is 11.3. The average molecular weight is 301 g/mol. The molecule has 102 valence electrons. The van der Waals surface area contributed by atoms with Gasteiger partial charge in [-0.3, -0.25) is 0 Å². The summed E-state index contributed by atoms with van der Waals surface area (Å²) in [6, 6.07) is 19.0. The lowest BCUT2D eigenvalue weighted by atomic mass is 10.0. The van der Waals surface area contributed by atoms with Gasteiger partial charge in [0.2, 0.25) is 0 Å². The van der Waals surface area contributed by atoms with Gasteiger partial charge in [-0.15, -0.1) is 22.9 Å². The maximum absolute atomic E-state index is 6.47. The number of thiophene rings is 1. The molecule has 0 N–H and O–H groups in total. The van der Waals surface area contributed by atoms with Gasteiger partial charge in [-0.2, -0.15) is 0 Å². The van der Waals surface area contributed by atoms with Crippen LogP contribution in [0.5, 0.6) is 0 Å². The molecule has 0 aliphatic rings. The van der Waals surface area contributed by atoms with E-state index in [2.05, 4.69) is 53.9 Å². The number of hydrogen-bond acceptors (Lipinski definition) is 1. The molecule has 0 bridgehead atoms. The molecule has 2 aromatic carbocycles. The van der Waals surface area contributed by atoms with Crippen LogP contribution >= 0.6 is 22.9 Å². The minimum atomic E-state index is 0.126. The Morgan fingerprint density at radius 1 is 0.950 bits per heavy atom. The van der Waals surface area contributed by atoms with Crippen LogP contribution in [0.15, 0.2) is 60.0 Å². The van der Waals surface area contributed by atoms with Crippen molar-refractivity contribution in [2.24, 2.45) is 0 Å². The van der Waals surface area contributed by atoms with E-state index in [1.165, 1.54) is 21.2 Å². The summed E-state index contributed by atoms with van der Waals surface area (Å²) >= 11 is 8.30. The molecule has 3 aromatic rings. The lowest BCUT2D eigenvalue weighted by molar-refractivity contribution is 0.719. The first-order valence-corrected chi connectivity index (χ1v) is 8.30. The smallest absolute Gasteiger partial charge is 0.0585 e. The third-order valence-electron chi connectivity index (χ3n) is 3.63. The third kappa shape index (κ3) is 3.05. The van der Waals surface area contributed by atoms with Crippen molar-refractivity contribution in [3.63, 3.8) is 0 Å². The molecular formula is C18H17ClS. The molecule has 0 fully saturated rings. The zero-order valence-corrected chi connectivity index (χ0v) is 12.8. The van der Waals surface area contributed by atoms with Gasteiger partial charge in [-0.25, -0.2) is 0 Å². The summed E-state index contributed by atoms with van der Waals surface area (Å²) in [7, 11) is 0.